The van der Waals surface area contributed by atoms with E-state index in [9.17, 15) is 9.59 Å². The predicted molar refractivity (Wildman–Crippen MR) is 117 cm³/mol. The lowest BCUT2D eigenvalue weighted by Crippen LogP contribution is -2.42. The number of nitrogens with one attached hydrogen (secondary N) is 1. The zero-order valence-corrected chi connectivity index (χ0v) is 18.3. The molecule has 1 aliphatic carbocycles. The van der Waals surface area contributed by atoms with E-state index in [0.717, 1.165) is 32.8 Å². The Balaban J connectivity index is 1.86. The highest BCUT2D eigenvalue weighted by atomic mass is 79.9. The lowest BCUT2D eigenvalue weighted by atomic mass is 10.1. The molecular formula is C22H24BrN3O3. The zero-order valence-electron chi connectivity index (χ0n) is 16.7. The number of ether oxygens (including phenoxy) is 1. The number of hydrogen-bond donors (Lipinski definition) is 2. The Hall–Kier alpha value is -2.54. The molecule has 2 aromatic carbocycles. The van der Waals surface area contributed by atoms with Gasteiger partial charge in [-0.25, -0.2) is 4.79 Å². The summed E-state index contributed by atoms with van der Waals surface area (Å²) in [6.07, 6.45) is 1.85. The van der Waals surface area contributed by atoms with E-state index in [0.29, 0.717) is 17.2 Å². The van der Waals surface area contributed by atoms with Gasteiger partial charge in [-0.2, -0.15) is 0 Å². The van der Waals surface area contributed by atoms with Crippen LogP contribution in [-0.4, -0.2) is 22.1 Å². The van der Waals surface area contributed by atoms with Gasteiger partial charge < -0.3 is 20.4 Å². The lowest BCUT2D eigenvalue weighted by molar-refractivity contribution is 0.100. The number of halogens is 1. The average molecular weight is 458 g/mol. The lowest BCUT2D eigenvalue weighted by Gasteiger charge is -2.19. The molecule has 29 heavy (non-hydrogen) atoms. The van der Waals surface area contributed by atoms with Crippen LogP contribution in [0.1, 0.15) is 44.0 Å². The topological polar surface area (TPSA) is 86.3 Å². The normalized spacial score (nSPS) is 14.3. The van der Waals surface area contributed by atoms with Gasteiger partial charge in [-0.1, -0.05) is 15.9 Å². The van der Waals surface area contributed by atoms with E-state index >= 15 is 0 Å². The molecule has 1 fully saturated rings. The van der Waals surface area contributed by atoms with Gasteiger partial charge >= 0.3 is 6.09 Å². The van der Waals surface area contributed by atoms with E-state index in [1.54, 1.807) is 12.1 Å². The van der Waals surface area contributed by atoms with Crippen LogP contribution in [0.4, 0.5) is 4.79 Å². The Bertz CT molecular complexity index is 1140. The van der Waals surface area contributed by atoms with Gasteiger partial charge in [0.1, 0.15) is 5.75 Å². The molecule has 0 spiro atoms. The molecule has 3 aromatic rings. The summed E-state index contributed by atoms with van der Waals surface area (Å²) in [5.74, 6) is 0.586. The Labute approximate surface area is 177 Å². The Morgan fingerprint density at radius 2 is 1.93 bits per heavy atom. The van der Waals surface area contributed by atoms with Crippen LogP contribution in [0.5, 0.6) is 5.75 Å². The number of nitrogens with two attached hydrogens (primary N) is 1. The summed E-state index contributed by atoms with van der Waals surface area (Å²) in [4.78, 5) is 24.3. The van der Waals surface area contributed by atoms with Crippen molar-refractivity contribution in [3.8, 4) is 5.75 Å². The van der Waals surface area contributed by atoms with Crippen molar-refractivity contribution in [3.05, 3.63) is 40.4 Å². The minimum absolute atomic E-state index is 0.384. The number of primary amides is 1. The molecule has 1 saturated carbocycles. The Kier molecular flexibility index (Phi) is 4.81. The molecule has 2 amide bonds. The second kappa shape index (κ2) is 7.06. The average Bonchev–Trinajstić information content (AvgIpc) is 3.36. The molecule has 3 N–H and O–H groups in total. The highest BCUT2D eigenvalue weighted by molar-refractivity contribution is 9.10. The zero-order chi connectivity index (χ0) is 20.9. The van der Waals surface area contributed by atoms with Crippen LogP contribution in [-0.2, 0) is 6.54 Å². The first kappa shape index (κ1) is 19.8. The number of carbonyl (C=O) groups is 2. The molecule has 1 aliphatic rings. The van der Waals surface area contributed by atoms with Crippen LogP contribution < -0.4 is 15.8 Å². The summed E-state index contributed by atoms with van der Waals surface area (Å²) in [6, 6.07) is 9.33. The van der Waals surface area contributed by atoms with Crippen LogP contribution >= 0.6 is 15.9 Å². The van der Waals surface area contributed by atoms with Gasteiger partial charge in [-0.3, -0.25) is 4.79 Å². The maximum absolute atomic E-state index is 12.2. The highest BCUT2D eigenvalue weighted by Gasteiger charge is 2.26. The minimum atomic E-state index is -0.498. The first-order valence-corrected chi connectivity index (χ1v) is 10.5. The standard InChI is InChI=1S/C22H24BrN3O3/c1-22(2,3)25-21(28)29-14-6-7-15-16-8-13(23)9-17(20(24)27)19(16)26(18(15)10-14)11-12-4-5-12/h6-10,12H,4-5,11H2,1-3H3,(H2,24,27)(H,25,28). The van der Waals surface area contributed by atoms with Crippen LogP contribution in [0.2, 0.25) is 0 Å². The van der Waals surface area contributed by atoms with Gasteiger partial charge in [0.05, 0.1) is 16.6 Å². The monoisotopic (exact) mass is 457 g/mol. The van der Waals surface area contributed by atoms with Crippen molar-refractivity contribution >= 4 is 49.7 Å². The van der Waals surface area contributed by atoms with E-state index in [2.05, 4.69) is 25.8 Å². The van der Waals surface area contributed by atoms with E-state index in [4.69, 9.17) is 10.5 Å². The first-order valence-electron chi connectivity index (χ1n) is 9.68. The number of nitrogens with zero attached hydrogens (tertiary/aromatic N) is 1. The third-order valence-corrected chi connectivity index (χ3v) is 5.44. The first-order chi connectivity index (χ1) is 13.6. The molecule has 0 atom stereocenters. The molecule has 6 nitrogen and oxygen atoms in total. The molecule has 152 valence electrons. The molecule has 0 aliphatic heterocycles. The molecule has 0 radical (unpaired) electrons. The summed E-state index contributed by atoms with van der Waals surface area (Å²) in [5.41, 5.74) is 7.55. The van der Waals surface area contributed by atoms with E-state index in [1.807, 2.05) is 39.0 Å². The van der Waals surface area contributed by atoms with E-state index in [-0.39, 0.29) is 5.54 Å². The second-order valence-corrected chi connectivity index (χ2v) is 9.63. The van der Waals surface area contributed by atoms with Gasteiger partial charge in [0, 0.05) is 33.4 Å². The largest absolute Gasteiger partial charge is 0.413 e. The molecule has 7 heteroatoms. The maximum atomic E-state index is 12.2. The molecule has 1 heterocycles. The number of fused-ring (bicyclic) bond motifs is 3. The second-order valence-electron chi connectivity index (χ2n) is 8.71. The van der Waals surface area contributed by atoms with E-state index < -0.39 is 12.0 Å². The summed E-state index contributed by atoms with van der Waals surface area (Å²) in [6.45, 7) is 6.50. The number of benzene rings is 2. The van der Waals surface area contributed by atoms with Crippen LogP contribution in [0.15, 0.2) is 34.8 Å². The van der Waals surface area contributed by atoms with Gasteiger partial charge in [-0.15, -0.1) is 0 Å². The quantitative estimate of drug-likeness (QED) is 0.580. The number of rotatable bonds is 4. The molecule has 4 rings (SSSR count). The third kappa shape index (κ3) is 4.10. The summed E-state index contributed by atoms with van der Waals surface area (Å²) < 4.78 is 8.45. The molecule has 0 saturated heterocycles. The van der Waals surface area contributed by atoms with Crippen molar-refractivity contribution in [1.82, 2.24) is 9.88 Å². The third-order valence-electron chi connectivity index (χ3n) is 4.99. The smallest absolute Gasteiger partial charge is 0.410 e. The number of amides is 2. The Morgan fingerprint density at radius 3 is 2.55 bits per heavy atom. The van der Waals surface area contributed by atoms with Gasteiger partial charge in [0.25, 0.3) is 5.91 Å². The summed E-state index contributed by atoms with van der Waals surface area (Å²) >= 11 is 3.49. The molecule has 0 unspecified atom stereocenters. The fraction of sp³-hybridized carbons (Fsp3) is 0.364. The van der Waals surface area contributed by atoms with Crippen LogP contribution in [0.3, 0.4) is 0 Å². The van der Waals surface area contributed by atoms with Crippen LogP contribution in [0, 0.1) is 5.92 Å². The molecule has 0 bridgehead atoms. The van der Waals surface area contributed by atoms with Crippen LogP contribution in [0.25, 0.3) is 21.8 Å². The maximum Gasteiger partial charge on any atom is 0.413 e. The minimum Gasteiger partial charge on any atom is -0.410 e. The molecule has 1 aromatic heterocycles. The fourth-order valence-electron chi connectivity index (χ4n) is 3.62. The van der Waals surface area contributed by atoms with Crippen molar-refractivity contribution in [1.29, 1.82) is 0 Å². The molecular weight excluding hydrogens is 434 g/mol. The SMILES string of the molecule is CC(C)(C)NC(=O)Oc1ccc2c3cc(Br)cc(C(N)=O)c3n(CC3CC3)c2c1. The fourth-order valence-corrected chi connectivity index (χ4v) is 4.07. The van der Waals surface area contributed by atoms with Crippen molar-refractivity contribution in [2.45, 2.75) is 45.7 Å². The highest BCUT2D eigenvalue weighted by Crippen LogP contribution is 2.39. The van der Waals surface area contributed by atoms with E-state index in [1.165, 1.54) is 12.8 Å². The summed E-state index contributed by atoms with van der Waals surface area (Å²) in [7, 11) is 0. The number of carbonyl (C=O) groups excluding carboxylic acids is 2. The predicted octanol–water partition coefficient (Wildman–Crippen LogP) is 4.95. The number of hydrogen-bond acceptors (Lipinski definition) is 3. The van der Waals surface area contributed by atoms with Gasteiger partial charge in [-0.05, 0) is 63.8 Å². The Morgan fingerprint density at radius 1 is 1.21 bits per heavy atom. The van der Waals surface area contributed by atoms with Crippen molar-refractivity contribution in [2.75, 3.05) is 0 Å². The van der Waals surface area contributed by atoms with Gasteiger partial charge in [0.15, 0.2) is 0 Å². The summed E-state index contributed by atoms with van der Waals surface area (Å²) in [5, 5.41) is 4.74. The van der Waals surface area contributed by atoms with Gasteiger partial charge in [0.2, 0.25) is 0 Å². The number of aromatic nitrogens is 1. The van der Waals surface area contributed by atoms with Crippen molar-refractivity contribution in [3.63, 3.8) is 0 Å². The van der Waals surface area contributed by atoms with Crippen molar-refractivity contribution < 1.29 is 14.3 Å². The van der Waals surface area contributed by atoms with Crippen molar-refractivity contribution in [2.24, 2.45) is 11.7 Å².